The zero-order valence-corrected chi connectivity index (χ0v) is 20.1. The average Bonchev–Trinajstić information content (AvgIpc) is 2.72. The molecule has 0 bridgehead atoms. The standard InChI is InChI=1S/C22H26Cl2N2O2Si/c1-22(2,3)29(5,6)28-20-21(27)26(4)18-12-11-14(23)13-16(18)19(25-20)15-9-7-8-10-17(15)24/h7-13,20H,1-6H3. The van der Waals surface area contributed by atoms with Crippen molar-refractivity contribution in [1.82, 2.24) is 0 Å². The largest absolute Gasteiger partial charge is 0.389 e. The molecule has 1 aliphatic rings. The van der Waals surface area contributed by atoms with Gasteiger partial charge in [0.25, 0.3) is 5.91 Å². The molecule has 29 heavy (non-hydrogen) atoms. The molecule has 4 nitrogen and oxygen atoms in total. The van der Waals surface area contributed by atoms with Crippen molar-refractivity contribution in [2.75, 3.05) is 11.9 Å². The Balaban J connectivity index is 2.23. The first-order valence-corrected chi connectivity index (χ1v) is 13.2. The van der Waals surface area contributed by atoms with Gasteiger partial charge in [0.15, 0.2) is 8.32 Å². The molecule has 154 valence electrons. The third kappa shape index (κ3) is 4.28. The molecule has 1 heterocycles. The number of benzene rings is 2. The first-order chi connectivity index (χ1) is 13.4. The monoisotopic (exact) mass is 448 g/mol. The molecule has 1 atom stereocenters. The van der Waals surface area contributed by atoms with Crippen molar-refractivity contribution in [1.29, 1.82) is 0 Å². The highest BCUT2D eigenvalue weighted by atomic mass is 35.5. The van der Waals surface area contributed by atoms with E-state index in [1.807, 2.05) is 36.4 Å². The van der Waals surface area contributed by atoms with E-state index in [4.69, 9.17) is 32.6 Å². The number of carbonyl (C=O) groups is 1. The highest BCUT2D eigenvalue weighted by molar-refractivity contribution is 6.74. The molecule has 7 heteroatoms. The highest BCUT2D eigenvalue weighted by Crippen LogP contribution is 2.39. The van der Waals surface area contributed by atoms with E-state index in [1.54, 1.807) is 18.0 Å². The van der Waals surface area contributed by atoms with Gasteiger partial charge in [0.1, 0.15) is 0 Å². The molecule has 2 aromatic rings. The van der Waals surface area contributed by atoms with Crippen LogP contribution in [0, 0.1) is 0 Å². The maximum atomic E-state index is 13.3. The Morgan fingerprint density at radius 2 is 1.72 bits per heavy atom. The predicted molar refractivity (Wildman–Crippen MR) is 124 cm³/mol. The van der Waals surface area contributed by atoms with Gasteiger partial charge in [-0.1, -0.05) is 62.2 Å². The summed E-state index contributed by atoms with van der Waals surface area (Å²) in [6.07, 6.45) is -0.946. The Labute approximate surface area is 183 Å². The lowest BCUT2D eigenvalue weighted by atomic mass is 10.0. The van der Waals surface area contributed by atoms with Crippen molar-refractivity contribution >= 4 is 48.8 Å². The zero-order valence-electron chi connectivity index (χ0n) is 17.6. The van der Waals surface area contributed by atoms with E-state index >= 15 is 0 Å². The zero-order chi connectivity index (χ0) is 21.6. The van der Waals surface area contributed by atoms with Crippen LogP contribution in [0.1, 0.15) is 31.9 Å². The molecule has 0 saturated heterocycles. The van der Waals surface area contributed by atoms with Crippen LogP contribution < -0.4 is 4.90 Å². The average molecular weight is 449 g/mol. The van der Waals surface area contributed by atoms with Gasteiger partial charge in [0.05, 0.1) is 11.4 Å². The number of anilines is 1. The van der Waals surface area contributed by atoms with E-state index in [0.717, 1.165) is 16.8 Å². The summed E-state index contributed by atoms with van der Waals surface area (Å²) in [7, 11) is -0.520. The fourth-order valence-electron chi connectivity index (χ4n) is 2.92. The number of amides is 1. The van der Waals surface area contributed by atoms with Gasteiger partial charge in [-0.2, -0.15) is 0 Å². The van der Waals surface area contributed by atoms with Crippen LogP contribution in [-0.4, -0.2) is 33.2 Å². The fourth-order valence-corrected chi connectivity index (χ4v) is 4.38. The van der Waals surface area contributed by atoms with Crippen molar-refractivity contribution < 1.29 is 9.22 Å². The number of rotatable bonds is 3. The number of hydrogen-bond acceptors (Lipinski definition) is 3. The number of benzodiazepines with no additional fused rings is 1. The maximum absolute atomic E-state index is 13.3. The minimum Gasteiger partial charge on any atom is -0.389 e. The van der Waals surface area contributed by atoms with E-state index in [1.165, 1.54) is 0 Å². The first-order valence-electron chi connectivity index (χ1n) is 9.50. The molecule has 1 unspecified atom stereocenters. The van der Waals surface area contributed by atoms with E-state index in [-0.39, 0.29) is 10.9 Å². The van der Waals surface area contributed by atoms with Crippen LogP contribution in [0.5, 0.6) is 0 Å². The number of likely N-dealkylation sites (N-methyl/N-ethyl adjacent to an activating group) is 1. The molecule has 2 aromatic carbocycles. The van der Waals surface area contributed by atoms with Crippen molar-refractivity contribution in [2.45, 2.75) is 45.1 Å². The number of fused-ring (bicyclic) bond motifs is 1. The Morgan fingerprint density at radius 1 is 1.07 bits per heavy atom. The van der Waals surface area contributed by atoms with E-state index in [9.17, 15) is 4.79 Å². The normalized spacial score (nSPS) is 17.7. The van der Waals surface area contributed by atoms with Crippen LogP contribution >= 0.6 is 23.2 Å². The summed E-state index contributed by atoms with van der Waals surface area (Å²) in [5.74, 6) is -0.208. The van der Waals surface area contributed by atoms with Gasteiger partial charge in [0.2, 0.25) is 6.23 Å². The first kappa shape index (κ1) is 22.0. The Hall–Kier alpha value is -1.66. The molecular formula is C22H26Cl2N2O2Si. The van der Waals surface area contributed by atoms with Gasteiger partial charge in [-0.3, -0.25) is 4.79 Å². The number of carbonyl (C=O) groups excluding carboxylic acids is 1. The summed E-state index contributed by atoms with van der Waals surface area (Å²) < 4.78 is 6.44. The highest BCUT2D eigenvalue weighted by Gasteiger charge is 2.42. The van der Waals surface area contributed by atoms with Crippen molar-refractivity contribution in [2.24, 2.45) is 4.99 Å². The number of aliphatic imine (C=N–C) groups is 1. The Morgan fingerprint density at radius 3 is 2.34 bits per heavy atom. The Bertz CT molecular complexity index is 983. The Kier molecular flexibility index (Phi) is 5.98. The molecule has 0 aromatic heterocycles. The molecular weight excluding hydrogens is 423 g/mol. The number of hydrogen-bond donors (Lipinski definition) is 0. The molecule has 0 N–H and O–H groups in total. The smallest absolute Gasteiger partial charge is 0.277 e. The van der Waals surface area contributed by atoms with Crippen molar-refractivity contribution in [3.63, 3.8) is 0 Å². The maximum Gasteiger partial charge on any atom is 0.277 e. The summed E-state index contributed by atoms with van der Waals surface area (Å²) in [6, 6.07) is 12.9. The molecule has 1 aliphatic heterocycles. The quantitative estimate of drug-likeness (QED) is 0.527. The SMILES string of the molecule is CN1C(=O)C(O[Si](C)(C)C(C)(C)C)N=C(c2ccccc2Cl)c2cc(Cl)ccc21. The molecule has 0 aliphatic carbocycles. The minimum absolute atomic E-state index is 0.0611. The second kappa shape index (κ2) is 7.87. The van der Waals surface area contributed by atoms with Crippen LogP contribution in [0.4, 0.5) is 5.69 Å². The van der Waals surface area contributed by atoms with Crippen molar-refractivity contribution in [3.8, 4) is 0 Å². The second-order valence-electron chi connectivity index (χ2n) is 8.75. The van der Waals surface area contributed by atoms with Crippen LogP contribution in [0.25, 0.3) is 0 Å². The molecule has 0 spiro atoms. The summed E-state index contributed by atoms with van der Waals surface area (Å²) >= 11 is 12.8. The molecule has 1 amide bonds. The third-order valence-electron chi connectivity index (χ3n) is 5.70. The predicted octanol–water partition coefficient (Wildman–Crippen LogP) is 6.16. The van der Waals surface area contributed by atoms with E-state index in [0.29, 0.717) is 15.8 Å². The summed E-state index contributed by atoms with van der Waals surface area (Å²) in [6.45, 7) is 10.6. The lowest BCUT2D eigenvalue weighted by Crippen LogP contribution is -2.48. The van der Waals surface area contributed by atoms with Gasteiger partial charge in [-0.15, -0.1) is 0 Å². The van der Waals surface area contributed by atoms with Gasteiger partial charge < -0.3 is 9.33 Å². The molecule has 0 saturated carbocycles. The van der Waals surface area contributed by atoms with Gasteiger partial charge in [-0.25, -0.2) is 4.99 Å². The fraction of sp³-hybridized carbons (Fsp3) is 0.364. The van der Waals surface area contributed by atoms with Crippen LogP contribution in [0.2, 0.25) is 28.2 Å². The number of halogens is 2. The van der Waals surface area contributed by atoms with E-state index < -0.39 is 14.5 Å². The second-order valence-corrected chi connectivity index (χ2v) is 14.3. The summed E-state index contributed by atoms with van der Waals surface area (Å²) in [5.41, 5.74) is 2.82. The van der Waals surface area contributed by atoms with Crippen LogP contribution in [0.3, 0.4) is 0 Å². The molecule has 0 fully saturated rings. The third-order valence-corrected chi connectivity index (χ3v) is 10.7. The topological polar surface area (TPSA) is 41.9 Å². The van der Waals surface area contributed by atoms with Gasteiger partial charge in [-0.05, 0) is 42.4 Å². The van der Waals surface area contributed by atoms with E-state index in [2.05, 4.69) is 33.9 Å². The summed E-state index contributed by atoms with van der Waals surface area (Å²) in [4.78, 5) is 19.7. The van der Waals surface area contributed by atoms with Crippen molar-refractivity contribution in [3.05, 3.63) is 63.6 Å². The lowest BCUT2D eigenvalue weighted by Gasteiger charge is -2.38. The number of nitrogens with zero attached hydrogens (tertiary/aromatic N) is 2. The van der Waals surface area contributed by atoms with Gasteiger partial charge in [0, 0.05) is 28.2 Å². The summed E-state index contributed by atoms with van der Waals surface area (Å²) in [5, 5.41) is 1.06. The minimum atomic E-state index is -2.26. The van der Waals surface area contributed by atoms with Gasteiger partial charge >= 0.3 is 0 Å². The lowest BCUT2D eigenvalue weighted by molar-refractivity contribution is -0.125. The molecule has 0 radical (unpaired) electrons. The molecule has 3 rings (SSSR count). The van der Waals surface area contributed by atoms with Crippen LogP contribution in [-0.2, 0) is 9.22 Å². The van der Waals surface area contributed by atoms with Crippen LogP contribution in [0.15, 0.2) is 47.5 Å².